The van der Waals surface area contributed by atoms with Crippen molar-refractivity contribution >= 4 is 23.6 Å². The highest BCUT2D eigenvalue weighted by Gasteiger charge is 2.34. The summed E-state index contributed by atoms with van der Waals surface area (Å²) in [5.74, 6) is -0.0909. The summed E-state index contributed by atoms with van der Waals surface area (Å²) in [7, 11) is 0. The number of thioether (sulfide) groups is 1. The number of nitrogens with zero attached hydrogens (tertiary/aromatic N) is 2. The van der Waals surface area contributed by atoms with Crippen LogP contribution in [0.25, 0.3) is 0 Å². The molecule has 0 bridgehead atoms. The predicted octanol–water partition coefficient (Wildman–Crippen LogP) is 1.34. The lowest BCUT2D eigenvalue weighted by atomic mass is 10.2. The molecule has 1 unspecified atom stereocenters. The Morgan fingerprint density at radius 1 is 1.55 bits per heavy atom. The summed E-state index contributed by atoms with van der Waals surface area (Å²) in [6.07, 6.45) is 1.18. The van der Waals surface area contributed by atoms with E-state index in [9.17, 15) is 14.0 Å². The summed E-state index contributed by atoms with van der Waals surface area (Å²) in [6, 6.07) is 1.91. The molecule has 0 aliphatic carbocycles. The van der Waals surface area contributed by atoms with Crippen molar-refractivity contribution in [2.24, 2.45) is 0 Å². The molecule has 0 N–H and O–H groups in total. The number of ether oxygens (including phenoxy) is 1. The number of esters is 1. The molecule has 20 heavy (non-hydrogen) atoms. The highest BCUT2D eigenvalue weighted by molar-refractivity contribution is 7.99. The average molecular weight is 298 g/mol. The number of hydrogen-bond acceptors (Lipinski definition) is 5. The van der Waals surface area contributed by atoms with Gasteiger partial charge in [-0.3, -0.25) is 4.79 Å². The molecule has 1 aromatic heterocycles. The van der Waals surface area contributed by atoms with Crippen molar-refractivity contribution in [1.29, 1.82) is 0 Å². The van der Waals surface area contributed by atoms with Crippen LogP contribution in [0.5, 0.6) is 0 Å². The number of carbonyl (C=O) groups is 2. The van der Waals surface area contributed by atoms with Crippen molar-refractivity contribution in [2.75, 3.05) is 24.7 Å². The molecule has 2 heterocycles. The van der Waals surface area contributed by atoms with Crippen LogP contribution in [0.15, 0.2) is 18.3 Å². The smallest absolute Gasteiger partial charge is 0.329 e. The molecular weight excluding hydrogens is 283 g/mol. The normalized spacial score (nSPS) is 18.7. The summed E-state index contributed by atoms with van der Waals surface area (Å²) in [5, 5.41) is 0. The Morgan fingerprint density at radius 3 is 3.00 bits per heavy atom. The molecule has 0 aromatic carbocycles. The second kappa shape index (κ2) is 6.69. The third-order valence-corrected chi connectivity index (χ3v) is 3.95. The highest BCUT2D eigenvalue weighted by atomic mass is 32.2. The second-order valence-corrected chi connectivity index (χ2v) is 5.36. The lowest BCUT2D eigenvalue weighted by molar-refractivity contribution is -0.147. The molecule has 1 saturated heterocycles. The third-order valence-electron chi connectivity index (χ3n) is 2.92. The van der Waals surface area contributed by atoms with Crippen molar-refractivity contribution in [3.8, 4) is 0 Å². The van der Waals surface area contributed by atoms with E-state index in [1.165, 1.54) is 17.2 Å². The summed E-state index contributed by atoms with van der Waals surface area (Å²) in [4.78, 5) is 29.2. The van der Waals surface area contributed by atoms with E-state index in [-0.39, 0.29) is 18.1 Å². The summed E-state index contributed by atoms with van der Waals surface area (Å²) >= 11 is 1.61. The van der Waals surface area contributed by atoms with Crippen LogP contribution in [0.4, 0.5) is 4.39 Å². The van der Waals surface area contributed by atoms with E-state index in [0.29, 0.717) is 12.3 Å². The van der Waals surface area contributed by atoms with Gasteiger partial charge in [-0.15, -0.1) is 0 Å². The van der Waals surface area contributed by atoms with Crippen molar-refractivity contribution < 1.29 is 18.7 Å². The van der Waals surface area contributed by atoms with E-state index in [1.807, 2.05) is 0 Å². The van der Waals surface area contributed by atoms with Crippen molar-refractivity contribution in [2.45, 2.75) is 13.0 Å². The topological polar surface area (TPSA) is 59.5 Å². The number of halogens is 1. The van der Waals surface area contributed by atoms with Crippen molar-refractivity contribution in [3.05, 3.63) is 29.8 Å². The van der Waals surface area contributed by atoms with Gasteiger partial charge in [0.1, 0.15) is 6.04 Å². The first kappa shape index (κ1) is 14.8. The molecule has 2 rings (SSSR count). The summed E-state index contributed by atoms with van der Waals surface area (Å²) in [5.41, 5.74) is 0.271. The molecule has 108 valence electrons. The zero-order valence-electron chi connectivity index (χ0n) is 11.0. The van der Waals surface area contributed by atoms with Gasteiger partial charge in [-0.2, -0.15) is 16.2 Å². The van der Waals surface area contributed by atoms with Crippen LogP contribution < -0.4 is 0 Å². The Hall–Kier alpha value is -1.63. The van der Waals surface area contributed by atoms with E-state index in [1.54, 1.807) is 18.7 Å². The first-order valence-corrected chi connectivity index (χ1v) is 7.46. The standard InChI is InChI=1S/C13H15FN2O3S/c1-2-19-13(18)10-8-20-6-5-16(10)12(17)9-3-4-11(14)15-7-9/h3-4,7,10H,2,5-6,8H2,1H3. The zero-order chi connectivity index (χ0) is 14.5. The van der Waals surface area contributed by atoms with Gasteiger partial charge in [0.15, 0.2) is 0 Å². The van der Waals surface area contributed by atoms with E-state index in [4.69, 9.17) is 4.74 Å². The fraction of sp³-hybridized carbons (Fsp3) is 0.462. The Labute approximate surface area is 120 Å². The summed E-state index contributed by atoms with van der Waals surface area (Å²) in [6.45, 7) is 2.47. The molecule has 0 saturated carbocycles. The van der Waals surface area contributed by atoms with E-state index < -0.39 is 18.0 Å². The number of hydrogen-bond donors (Lipinski definition) is 0. The van der Waals surface area contributed by atoms with Gasteiger partial charge in [-0.1, -0.05) is 0 Å². The van der Waals surface area contributed by atoms with Gasteiger partial charge in [0.25, 0.3) is 5.91 Å². The first-order valence-electron chi connectivity index (χ1n) is 6.30. The number of amides is 1. The highest BCUT2D eigenvalue weighted by Crippen LogP contribution is 2.20. The minimum atomic E-state index is -0.641. The number of carbonyl (C=O) groups excluding carboxylic acids is 2. The molecule has 1 atom stereocenters. The van der Waals surface area contributed by atoms with Gasteiger partial charge >= 0.3 is 5.97 Å². The molecule has 0 spiro atoms. The van der Waals surface area contributed by atoms with Gasteiger partial charge in [0.05, 0.1) is 12.2 Å². The molecule has 1 aliphatic rings. The van der Waals surface area contributed by atoms with Gasteiger partial charge in [-0.05, 0) is 19.1 Å². The fourth-order valence-electron chi connectivity index (χ4n) is 1.95. The monoisotopic (exact) mass is 298 g/mol. The van der Waals surface area contributed by atoms with Crippen LogP contribution in [-0.2, 0) is 9.53 Å². The molecule has 1 amide bonds. The molecule has 7 heteroatoms. The maximum Gasteiger partial charge on any atom is 0.329 e. The molecule has 1 aliphatic heterocycles. The minimum Gasteiger partial charge on any atom is -0.464 e. The lowest BCUT2D eigenvalue weighted by Crippen LogP contribution is -2.51. The van der Waals surface area contributed by atoms with Gasteiger partial charge in [0, 0.05) is 24.2 Å². The van der Waals surface area contributed by atoms with E-state index in [0.717, 1.165) is 11.8 Å². The number of pyridine rings is 1. The van der Waals surface area contributed by atoms with E-state index >= 15 is 0 Å². The Morgan fingerprint density at radius 2 is 2.35 bits per heavy atom. The van der Waals surface area contributed by atoms with Crippen LogP contribution in [0.1, 0.15) is 17.3 Å². The van der Waals surface area contributed by atoms with E-state index in [2.05, 4.69) is 4.98 Å². The Kier molecular flexibility index (Phi) is 4.94. The van der Waals surface area contributed by atoms with Crippen molar-refractivity contribution in [1.82, 2.24) is 9.88 Å². The predicted molar refractivity (Wildman–Crippen MR) is 73.0 cm³/mol. The molecule has 1 aromatic rings. The van der Waals surface area contributed by atoms with Gasteiger partial charge in [0.2, 0.25) is 5.95 Å². The third kappa shape index (κ3) is 3.27. The van der Waals surface area contributed by atoms with Gasteiger partial charge in [-0.25, -0.2) is 9.78 Å². The number of aromatic nitrogens is 1. The minimum absolute atomic E-state index is 0.271. The van der Waals surface area contributed by atoms with Crippen LogP contribution in [0.3, 0.4) is 0 Å². The van der Waals surface area contributed by atoms with Crippen LogP contribution >= 0.6 is 11.8 Å². The average Bonchev–Trinajstić information content (AvgIpc) is 2.47. The summed E-state index contributed by atoms with van der Waals surface area (Å²) < 4.78 is 17.8. The SMILES string of the molecule is CCOC(=O)C1CSCCN1C(=O)c1ccc(F)nc1. The molecule has 0 radical (unpaired) electrons. The first-order chi connectivity index (χ1) is 9.63. The van der Waals surface area contributed by atoms with Crippen molar-refractivity contribution in [3.63, 3.8) is 0 Å². The van der Waals surface area contributed by atoms with Gasteiger partial charge < -0.3 is 9.64 Å². The Bertz CT molecular complexity index is 495. The lowest BCUT2D eigenvalue weighted by Gasteiger charge is -2.33. The van der Waals surface area contributed by atoms with Crippen LogP contribution in [0.2, 0.25) is 0 Å². The van der Waals surface area contributed by atoms with Crippen LogP contribution in [0, 0.1) is 5.95 Å². The maximum atomic E-state index is 12.8. The second-order valence-electron chi connectivity index (χ2n) is 4.21. The molecule has 1 fully saturated rings. The fourth-order valence-corrected chi connectivity index (χ4v) is 2.98. The molecular formula is C13H15FN2O3S. The van der Waals surface area contributed by atoms with Crippen LogP contribution in [-0.4, -0.2) is 52.5 Å². The maximum absolute atomic E-state index is 12.8. The molecule has 5 nitrogen and oxygen atoms in total. The number of rotatable bonds is 3. The zero-order valence-corrected chi connectivity index (χ0v) is 11.9. The Balaban J connectivity index is 2.16. The quantitative estimate of drug-likeness (QED) is 0.622. The largest absolute Gasteiger partial charge is 0.464 e.